The average molecular weight is 331 g/mol. The lowest BCUT2D eigenvalue weighted by atomic mass is 9.97. The van der Waals surface area contributed by atoms with Crippen molar-refractivity contribution in [1.82, 2.24) is 9.80 Å². The second-order valence-corrected chi connectivity index (χ2v) is 6.30. The summed E-state index contributed by atoms with van der Waals surface area (Å²) in [4.78, 5) is 38.2. The number of nitrogens with two attached hydrogens (primary N) is 1. The lowest BCUT2D eigenvalue weighted by Gasteiger charge is -2.20. The highest BCUT2D eigenvalue weighted by Crippen LogP contribution is 2.22. The predicted molar refractivity (Wildman–Crippen MR) is 86.3 cm³/mol. The van der Waals surface area contributed by atoms with Gasteiger partial charge in [0.1, 0.15) is 13.2 Å². The van der Waals surface area contributed by atoms with Gasteiger partial charge in [0.25, 0.3) is 0 Å². The fraction of sp³-hybridized carbons (Fsp3) is 0.471. The molecule has 128 valence electrons. The number of carbonyl (C=O) groups is 3. The number of rotatable bonds is 5. The van der Waals surface area contributed by atoms with Crippen molar-refractivity contribution in [3.8, 4) is 0 Å². The summed E-state index contributed by atoms with van der Waals surface area (Å²) in [6.07, 6.45) is 1.30. The molecule has 1 aromatic carbocycles. The molecule has 0 radical (unpaired) electrons. The van der Waals surface area contributed by atoms with Crippen LogP contribution in [0.15, 0.2) is 24.3 Å². The lowest BCUT2D eigenvalue weighted by Crippen LogP contribution is -2.39. The summed E-state index contributed by atoms with van der Waals surface area (Å²) in [7, 11) is 0. The highest BCUT2D eigenvalue weighted by molar-refractivity contribution is 5.92. The molecule has 3 amide bonds. The Morgan fingerprint density at radius 3 is 2.83 bits per heavy atom. The van der Waals surface area contributed by atoms with Crippen LogP contribution in [0.1, 0.15) is 22.3 Å². The second-order valence-electron chi connectivity index (χ2n) is 6.30. The number of benzene rings is 1. The third-order valence-corrected chi connectivity index (χ3v) is 4.55. The fourth-order valence-corrected chi connectivity index (χ4v) is 3.24. The van der Waals surface area contributed by atoms with Gasteiger partial charge >= 0.3 is 6.09 Å². The van der Waals surface area contributed by atoms with Crippen LogP contribution in [0, 0.1) is 5.92 Å². The first-order valence-corrected chi connectivity index (χ1v) is 8.11. The van der Waals surface area contributed by atoms with Crippen molar-refractivity contribution in [2.24, 2.45) is 11.7 Å². The largest absolute Gasteiger partial charge is 0.448 e. The van der Waals surface area contributed by atoms with E-state index in [4.69, 9.17) is 10.5 Å². The average Bonchev–Trinajstić information content (AvgIpc) is 3.17. The van der Waals surface area contributed by atoms with Gasteiger partial charge in [-0.05, 0) is 36.5 Å². The number of likely N-dealkylation sites (tertiary alicyclic amines) is 1. The standard InChI is InChI=1S/C17H21N3O4/c18-16(22)14-3-1-2-12(9-14)8-13-4-5-19(10-13)15(21)11-20-6-7-24-17(20)23/h1-3,9,13H,4-8,10-11H2,(H2,18,22)/t13-/m1/s1. The third-order valence-electron chi connectivity index (χ3n) is 4.55. The van der Waals surface area contributed by atoms with Crippen LogP contribution in [0.3, 0.4) is 0 Å². The highest BCUT2D eigenvalue weighted by Gasteiger charge is 2.30. The Bertz CT molecular complexity index is 661. The zero-order chi connectivity index (χ0) is 17.1. The van der Waals surface area contributed by atoms with E-state index in [1.165, 1.54) is 4.90 Å². The van der Waals surface area contributed by atoms with Crippen molar-refractivity contribution in [2.75, 3.05) is 32.8 Å². The summed E-state index contributed by atoms with van der Waals surface area (Å²) in [6, 6.07) is 7.31. The van der Waals surface area contributed by atoms with E-state index in [0.29, 0.717) is 37.7 Å². The molecule has 2 heterocycles. The summed E-state index contributed by atoms with van der Waals surface area (Å²) in [5.41, 5.74) is 6.86. The van der Waals surface area contributed by atoms with Crippen LogP contribution in [0.2, 0.25) is 0 Å². The second kappa shape index (κ2) is 6.90. The molecule has 7 heteroatoms. The molecule has 0 unspecified atom stereocenters. The molecule has 0 aromatic heterocycles. The van der Waals surface area contributed by atoms with Crippen LogP contribution in [-0.4, -0.2) is 60.5 Å². The van der Waals surface area contributed by atoms with Gasteiger partial charge in [-0.1, -0.05) is 12.1 Å². The van der Waals surface area contributed by atoms with E-state index in [1.54, 1.807) is 11.0 Å². The van der Waals surface area contributed by atoms with Gasteiger partial charge in [-0.3, -0.25) is 14.5 Å². The first kappa shape index (κ1) is 16.3. The zero-order valence-corrected chi connectivity index (χ0v) is 13.4. The summed E-state index contributed by atoms with van der Waals surface area (Å²) < 4.78 is 4.84. The minimum Gasteiger partial charge on any atom is -0.448 e. The molecule has 1 aromatic rings. The summed E-state index contributed by atoms with van der Waals surface area (Å²) in [6.45, 7) is 2.28. The third kappa shape index (κ3) is 3.67. The van der Waals surface area contributed by atoms with E-state index in [0.717, 1.165) is 18.4 Å². The molecule has 1 atom stereocenters. The van der Waals surface area contributed by atoms with Gasteiger partial charge < -0.3 is 15.4 Å². The first-order chi connectivity index (χ1) is 11.5. The number of ether oxygens (including phenoxy) is 1. The molecule has 2 aliphatic heterocycles. The topological polar surface area (TPSA) is 92.9 Å². The summed E-state index contributed by atoms with van der Waals surface area (Å²) in [5, 5.41) is 0. The molecule has 2 saturated heterocycles. The SMILES string of the molecule is NC(=O)c1cccc(C[C@H]2CCN(C(=O)CN3CCOC3=O)C2)c1. The van der Waals surface area contributed by atoms with Gasteiger partial charge in [-0.2, -0.15) is 0 Å². The molecule has 24 heavy (non-hydrogen) atoms. The molecule has 0 bridgehead atoms. The molecule has 2 aliphatic rings. The van der Waals surface area contributed by atoms with Crippen molar-refractivity contribution < 1.29 is 19.1 Å². The van der Waals surface area contributed by atoms with Crippen LogP contribution in [0.4, 0.5) is 4.79 Å². The van der Waals surface area contributed by atoms with Crippen molar-refractivity contribution in [1.29, 1.82) is 0 Å². The van der Waals surface area contributed by atoms with Gasteiger partial charge in [0, 0.05) is 18.7 Å². The maximum atomic E-state index is 12.3. The Balaban J connectivity index is 1.53. The lowest BCUT2D eigenvalue weighted by molar-refractivity contribution is -0.130. The Labute approximate surface area is 140 Å². The van der Waals surface area contributed by atoms with E-state index in [1.807, 2.05) is 18.2 Å². The van der Waals surface area contributed by atoms with E-state index in [9.17, 15) is 14.4 Å². The Morgan fingerprint density at radius 2 is 2.12 bits per heavy atom. The molecular weight excluding hydrogens is 310 g/mol. The predicted octanol–water partition coefficient (Wildman–Crippen LogP) is 0.629. The Morgan fingerprint density at radius 1 is 1.29 bits per heavy atom. The number of amides is 3. The van der Waals surface area contributed by atoms with E-state index < -0.39 is 12.0 Å². The molecule has 2 N–H and O–H groups in total. The molecule has 7 nitrogen and oxygen atoms in total. The number of primary amides is 1. The number of hydrogen-bond donors (Lipinski definition) is 1. The minimum absolute atomic E-state index is 0.0396. The van der Waals surface area contributed by atoms with Crippen molar-refractivity contribution in [2.45, 2.75) is 12.8 Å². The number of cyclic esters (lactones) is 1. The van der Waals surface area contributed by atoms with Crippen LogP contribution in [0.25, 0.3) is 0 Å². The number of carbonyl (C=O) groups excluding carboxylic acids is 3. The smallest absolute Gasteiger partial charge is 0.410 e. The molecule has 0 aliphatic carbocycles. The van der Waals surface area contributed by atoms with Crippen molar-refractivity contribution >= 4 is 17.9 Å². The highest BCUT2D eigenvalue weighted by atomic mass is 16.6. The van der Waals surface area contributed by atoms with Gasteiger partial charge in [0.2, 0.25) is 11.8 Å². The maximum absolute atomic E-state index is 12.3. The normalized spacial score (nSPS) is 20.3. The minimum atomic E-state index is -0.433. The maximum Gasteiger partial charge on any atom is 0.410 e. The zero-order valence-electron chi connectivity index (χ0n) is 13.4. The van der Waals surface area contributed by atoms with Crippen LogP contribution >= 0.6 is 0 Å². The molecule has 2 fully saturated rings. The van der Waals surface area contributed by atoms with Crippen LogP contribution < -0.4 is 5.73 Å². The van der Waals surface area contributed by atoms with Crippen LogP contribution in [-0.2, 0) is 16.0 Å². The first-order valence-electron chi connectivity index (χ1n) is 8.11. The molecule has 0 saturated carbocycles. The van der Waals surface area contributed by atoms with Crippen molar-refractivity contribution in [3.63, 3.8) is 0 Å². The Hall–Kier alpha value is -2.57. The molecular formula is C17H21N3O4. The molecule has 0 spiro atoms. The van der Waals surface area contributed by atoms with E-state index >= 15 is 0 Å². The fourth-order valence-electron chi connectivity index (χ4n) is 3.24. The van der Waals surface area contributed by atoms with E-state index in [2.05, 4.69) is 0 Å². The van der Waals surface area contributed by atoms with Gasteiger partial charge in [0.15, 0.2) is 0 Å². The summed E-state index contributed by atoms with van der Waals surface area (Å²) in [5.74, 6) is -0.123. The number of hydrogen-bond acceptors (Lipinski definition) is 4. The van der Waals surface area contributed by atoms with Gasteiger partial charge in [0.05, 0.1) is 6.54 Å². The molecule has 3 rings (SSSR count). The van der Waals surface area contributed by atoms with Gasteiger partial charge in [-0.25, -0.2) is 4.79 Å². The monoisotopic (exact) mass is 331 g/mol. The van der Waals surface area contributed by atoms with Crippen molar-refractivity contribution in [3.05, 3.63) is 35.4 Å². The summed E-state index contributed by atoms with van der Waals surface area (Å²) >= 11 is 0. The Kier molecular flexibility index (Phi) is 4.69. The van der Waals surface area contributed by atoms with E-state index in [-0.39, 0.29) is 12.5 Å². The van der Waals surface area contributed by atoms with Crippen LogP contribution in [0.5, 0.6) is 0 Å². The quantitative estimate of drug-likeness (QED) is 0.856. The number of nitrogens with zero attached hydrogens (tertiary/aromatic N) is 2. The van der Waals surface area contributed by atoms with Gasteiger partial charge in [-0.15, -0.1) is 0 Å².